The summed E-state index contributed by atoms with van der Waals surface area (Å²) in [4.78, 5) is 41.2. The molecule has 1 aromatic carbocycles. The van der Waals surface area contributed by atoms with E-state index in [-0.39, 0.29) is 5.56 Å². The Hall–Kier alpha value is -3.92. The molecule has 1 saturated heterocycles. The normalized spacial score (nSPS) is 15.6. The number of hydrogen-bond donors (Lipinski definition) is 4. The number of ether oxygens (including phenoxy) is 1. The van der Waals surface area contributed by atoms with Crippen LogP contribution in [0.5, 0.6) is 5.75 Å². The molecule has 212 valence electrons. The van der Waals surface area contributed by atoms with Crippen molar-refractivity contribution in [1.29, 1.82) is 0 Å². The summed E-state index contributed by atoms with van der Waals surface area (Å²) in [6.07, 6.45) is 9.08. The molecule has 1 fully saturated rings. The highest BCUT2D eigenvalue weighted by molar-refractivity contribution is 5.89. The van der Waals surface area contributed by atoms with Gasteiger partial charge in [-0.1, -0.05) is 31.2 Å². The van der Waals surface area contributed by atoms with Crippen LogP contribution in [0.25, 0.3) is 0 Å². The number of likely N-dealkylation sites (tertiary alicyclic amines) is 1. The third kappa shape index (κ3) is 12.4. The monoisotopic (exact) mass is 540 g/mol. The van der Waals surface area contributed by atoms with E-state index in [0.717, 1.165) is 30.3 Å². The van der Waals surface area contributed by atoms with E-state index in [9.17, 15) is 14.4 Å². The molecular weight excluding hydrogens is 500 g/mol. The Labute approximate surface area is 229 Å². The van der Waals surface area contributed by atoms with Crippen molar-refractivity contribution >= 4 is 17.9 Å². The minimum atomic E-state index is -1.26. The number of aliphatic carboxylic acids is 2. The molecule has 0 bridgehead atoms. The summed E-state index contributed by atoms with van der Waals surface area (Å²) in [6.45, 7) is 10.8. The summed E-state index contributed by atoms with van der Waals surface area (Å²) in [5, 5.41) is 18.8. The number of carboxylic acid groups (broad SMARTS) is 2. The molecule has 0 amide bonds. The van der Waals surface area contributed by atoms with Crippen molar-refractivity contribution in [2.75, 3.05) is 31.6 Å². The Kier molecular flexibility index (Phi) is 13.5. The predicted molar refractivity (Wildman–Crippen MR) is 151 cm³/mol. The molecular formula is C29H40N4O6. The van der Waals surface area contributed by atoms with Gasteiger partial charge in [0, 0.05) is 37.3 Å². The maximum Gasteiger partial charge on any atom is 0.328 e. The molecule has 10 nitrogen and oxygen atoms in total. The SMILES string of the molecule is CC=CCc1c(C)nc(NCCCOc2cccc(CN3CCCC(C)C3)c2)[nH]c1=O.O=C(O)C=CC(=O)O. The number of allylic oxidation sites excluding steroid dienone is 2. The standard InChI is InChI=1S/C25H36N4O2.C4H4O4/c1-4-5-12-23-20(3)27-25(28-24(23)30)26-13-8-15-31-22-11-6-10-21(16-22)18-29-14-7-9-19(2)17-29;5-3(6)1-2-4(7)8/h4-6,10-11,16,19H,7-9,12-15,17-18H2,1-3H3,(H2,26,27,28,30);1-2H,(H,5,6)(H,7,8). The average molecular weight is 541 g/mol. The van der Waals surface area contributed by atoms with Crippen LogP contribution in [0.1, 0.15) is 49.9 Å². The molecule has 2 aromatic rings. The minimum Gasteiger partial charge on any atom is -0.494 e. The number of nitrogens with one attached hydrogen (secondary N) is 2. The number of rotatable bonds is 12. The van der Waals surface area contributed by atoms with Crippen molar-refractivity contribution in [2.24, 2.45) is 5.92 Å². The van der Waals surface area contributed by atoms with Crippen molar-refractivity contribution in [1.82, 2.24) is 14.9 Å². The fraction of sp³-hybridized carbons (Fsp3) is 0.448. The van der Waals surface area contributed by atoms with Gasteiger partial charge in [0.15, 0.2) is 0 Å². The first-order valence-corrected chi connectivity index (χ1v) is 13.2. The van der Waals surface area contributed by atoms with E-state index < -0.39 is 11.9 Å². The molecule has 1 aromatic heterocycles. The van der Waals surface area contributed by atoms with Gasteiger partial charge in [-0.2, -0.15) is 0 Å². The third-order valence-electron chi connectivity index (χ3n) is 6.08. The molecule has 39 heavy (non-hydrogen) atoms. The summed E-state index contributed by atoms with van der Waals surface area (Å²) in [6, 6.07) is 8.42. The number of H-pyrrole nitrogens is 1. The van der Waals surface area contributed by atoms with E-state index in [4.69, 9.17) is 14.9 Å². The van der Waals surface area contributed by atoms with E-state index in [1.54, 1.807) is 0 Å². The maximum atomic E-state index is 12.2. The fourth-order valence-electron chi connectivity index (χ4n) is 4.20. The smallest absolute Gasteiger partial charge is 0.328 e. The van der Waals surface area contributed by atoms with Crippen molar-refractivity contribution in [2.45, 2.75) is 53.0 Å². The van der Waals surface area contributed by atoms with Gasteiger partial charge in [-0.15, -0.1) is 0 Å². The number of nitrogens with zero attached hydrogens (tertiary/aromatic N) is 2. The van der Waals surface area contributed by atoms with Crippen LogP contribution < -0.4 is 15.6 Å². The Morgan fingerprint density at radius 1 is 1.26 bits per heavy atom. The highest BCUT2D eigenvalue weighted by atomic mass is 16.5. The molecule has 1 aliphatic rings. The van der Waals surface area contributed by atoms with E-state index in [0.29, 0.717) is 43.2 Å². The summed E-state index contributed by atoms with van der Waals surface area (Å²) < 4.78 is 5.95. The topological polar surface area (TPSA) is 145 Å². The Bertz CT molecular complexity index is 1170. The van der Waals surface area contributed by atoms with Gasteiger partial charge in [-0.25, -0.2) is 14.6 Å². The summed E-state index contributed by atoms with van der Waals surface area (Å²) in [5.74, 6) is -0.291. The molecule has 1 atom stereocenters. The molecule has 0 spiro atoms. The van der Waals surface area contributed by atoms with Crippen LogP contribution in [0.3, 0.4) is 0 Å². The van der Waals surface area contributed by atoms with Crippen LogP contribution in [0, 0.1) is 12.8 Å². The number of piperidine rings is 1. The highest BCUT2D eigenvalue weighted by Crippen LogP contribution is 2.20. The van der Waals surface area contributed by atoms with Gasteiger partial charge in [0.05, 0.1) is 12.3 Å². The van der Waals surface area contributed by atoms with Crippen molar-refractivity contribution in [3.63, 3.8) is 0 Å². The first-order valence-electron chi connectivity index (χ1n) is 13.2. The summed E-state index contributed by atoms with van der Waals surface area (Å²) >= 11 is 0. The highest BCUT2D eigenvalue weighted by Gasteiger charge is 2.16. The van der Waals surface area contributed by atoms with Crippen molar-refractivity contribution in [3.05, 3.63) is 75.7 Å². The summed E-state index contributed by atoms with van der Waals surface area (Å²) in [5.41, 5.74) is 2.70. The molecule has 4 N–H and O–H groups in total. The minimum absolute atomic E-state index is 0.0794. The van der Waals surface area contributed by atoms with E-state index in [2.05, 4.69) is 45.3 Å². The first kappa shape index (κ1) is 31.3. The Balaban J connectivity index is 0.000000580. The third-order valence-corrected chi connectivity index (χ3v) is 6.08. The number of carboxylic acids is 2. The maximum absolute atomic E-state index is 12.2. The molecule has 1 unspecified atom stereocenters. The number of anilines is 1. The zero-order valence-corrected chi connectivity index (χ0v) is 23.0. The lowest BCUT2D eigenvalue weighted by molar-refractivity contribution is -0.134. The van der Waals surface area contributed by atoms with Crippen molar-refractivity contribution in [3.8, 4) is 5.75 Å². The molecule has 2 heterocycles. The van der Waals surface area contributed by atoms with Crippen LogP contribution >= 0.6 is 0 Å². The Morgan fingerprint density at radius 2 is 2.00 bits per heavy atom. The van der Waals surface area contributed by atoms with Gasteiger partial charge in [0.2, 0.25) is 5.95 Å². The van der Waals surface area contributed by atoms with E-state index in [1.807, 2.05) is 32.1 Å². The van der Waals surface area contributed by atoms with Gasteiger partial charge in [0.1, 0.15) is 5.75 Å². The van der Waals surface area contributed by atoms with Gasteiger partial charge in [-0.3, -0.25) is 14.7 Å². The number of aromatic amines is 1. The molecule has 0 saturated carbocycles. The molecule has 10 heteroatoms. The summed E-state index contributed by atoms with van der Waals surface area (Å²) in [7, 11) is 0. The lowest BCUT2D eigenvalue weighted by atomic mass is 10.00. The lowest BCUT2D eigenvalue weighted by Crippen LogP contribution is -2.33. The quantitative estimate of drug-likeness (QED) is 0.178. The van der Waals surface area contributed by atoms with Crippen LogP contribution in [-0.2, 0) is 22.6 Å². The van der Waals surface area contributed by atoms with Gasteiger partial charge in [0.25, 0.3) is 5.56 Å². The fourth-order valence-corrected chi connectivity index (χ4v) is 4.20. The van der Waals surface area contributed by atoms with Crippen LogP contribution in [0.15, 0.2) is 53.4 Å². The average Bonchev–Trinajstić information content (AvgIpc) is 2.87. The van der Waals surface area contributed by atoms with Crippen LogP contribution in [0.2, 0.25) is 0 Å². The second kappa shape index (κ2) is 16.8. The lowest BCUT2D eigenvalue weighted by Gasteiger charge is -2.30. The van der Waals surface area contributed by atoms with Crippen LogP contribution in [-0.4, -0.2) is 63.3 Å². The van der Waals surface area contributed by atoms with E-state index in [1.165, 1.54) is 31.5 Å². The number of aryl methyl sites for hydroxylation is 1. The predicted octanol–water partition coefficient (Wildman–Crippen LogP) is 4.02. The van der Waals surface area contributed by atoms with Gasteiger partial charge >= 0.3 is 11.9 Å². The number of hydrogen-bond acceptors (Lipinski definition) is 7. The largest absolute Gasteiger partial charge is 0.494 e. The number of benzene rings is 1. The second-order valence-corrected chi connectivity index (χ2v) is 9.52. The van der Waals surface area contributed by atoms with Gasteiger partial charge in [-0.05, 0) is 69.7 Å². The van der Waals surface area contributed by atoms with Crippen molar-refractivity contribution < 1.29 is 24.5 Å². The second-order valence-electron chi connectivity index (χ2n) is 9.52. The molecule has 0 radical (unpaired) electrons. The van der Waals surface area contributed by atoms with Crippen LogP contribution in [0.4, 0.5) is 5.95 Å². The Morgan fingerprint density at radius 3 is 2.64 bits per heavy atom. The number of carbonyl (C=O) groups is 2. The number of aromatic nitrogens is 2. The molecule has 1 aliphatic heterocycles. The zero-order valence-electron chi connectivity index (χ0n) is 23.0. The molecule has 0 aliphatic carbocycles. The molecule has 3 rings (SSSR count). The van der Waals surface area contributed by atoms with Gasteiger partial charge < -0.3 is 20.3 Å². The zero-order chi connectivity index (χ0) is 28.6. The van der Waals surface area contributed by atoms with E-state index >= 15 is 0 Å². The first-order chi connectivity index (χ1) is 18.7.